The van der Waals surface area contributed by atoms with Gasteiger partial charge in [-0.3, -0.25) is 29.3 Å². The summed E-state index contributed by atoms with van der Waals surface area (Å²) >= 11 is 1.24. The molecular formula is C44H49F2N11O7S. The van der Waals surface area contributed by atoms with Gasteiger partial charge in [-0.1, -0.05) is 0 Å². The number of hydrogen-bond acceptors (Lipinski definition) is 14. The maximum atomic E-state index is 15.4. The molecule has 5 aromatic rings. The van der Waals surface area contributed by atoms with Gasteiger partial charge in [-0.25, -0.2) is 22.9 Å². The van der Waals surface area contributed by atoms with Crippen molar-refractivity contribution in [1.82, 2.24) is 34.3 Å². The van der Waals surface area contributed by atoms with Crippen molar-refractivity contribution in [2.24, 2.45) is 7.05 Å². The van der Waals surface area contributed by atoms with Crippen molar-refractivity contribution >= 4 is 69.0 Å². The molecule has 0 saturated carbocycles. The number of anilines is 3. The Morgan fingerprint density at radius 2 is 1.78 bits per heavy atom. The van der Waals surface area contributed by atoms with Gasteiger partial charge in [0.2, 0.25) is 11.8 Å². The van der Waals surface area contributed by atoms with E-state index in [0.717, 1.165) is 32.3 Å². The second-order valence-electron chi connectivity index (χ2n) is 16.9. The van der Waals surface area contributed by atoms with Crippen molar-refractivity contribution in [3.05, 3.63) is 76.3 Å². The van der Waals surface area contributed by atoms with Gasteiger partial charge in [0.15, 0.2) is 17.4 Å². The number of carbonyl (C=O) groups excluding carboxylic acids is 3. The number of amides is 4. The van der Waals surface area contributed by atoms with E-state index in [2.05, 4.69) is 25.1 Å². The van der Waals surface area contributed by atoms with Crippen LogP contribution in [0.15, 0.2) is 53.6 Å². The number of benzene rings is 3. The van der Waals surface area contributed by atoms with Crippen LogP contribution in [0.3, 0.4) is 0 Å². The first-order valence-corrected chi connectivity index (χ1v) is 22.1. The summed E-state index contributed by atoms with van der Waals surface area (Å²) in [4.78, 5) is 60.4. The number of urea groups is 1. The summed E-state index contributed by atoms with van der Waals surface area (Å²) in [5.74, 6) is -1.19. The molecule has 2 aromatic heterocycles. The number of nitriles is 1. The van der Waals surface area contributed by atoms with E-state index in [-0.39, 0.29) is 59.4 Å². The number of aromatic amines is 1. The highest BCUT2D eigenvalue weighted by Crippen LogP contribution is 2.39. The molecular weight excluding hydrogens is 865 g/mol. The topological polar surface area (TPSA) is 214 Å². The number of piperidine rings is 2. The number of H-pyrrole nitrogens is 1. The molecule has 18 nitrogen and oxygen atoms in total. The van der Waals surface area contributed by atoms with Crippen LogP contribution >= 0.6 is 12.1 Å². The molecule has 4 amide bonds. The van der Waals surface area contributed by atoms with Crippen LogP contribution in [-0.2, 0) is 21.4 Å². The van der Waals surface area contributed by atoms with Gasteiger partial charge in [0, 0.05) is 70.3 Å². The third kappa shape index (κ3) is 9.71. The number of fused-ring (bicyclic) bond motifs is 2. The molecule has 0 aliphatic carbocycles. The lowest BCUT2D eigenvalue weighted by Gasteiger charge is -2.42. The summed E-state index contributed by atoms with van der Waals surface area (Å²) in [6, 6.07) is 11.7. The Hall–Kier alpha value is -6.34. The molecule has 4 aliphatic rings. The molecule has 0 radical (unpaired) electrons. The van der Waals surface area contributed by atoms with Crippen LogP contribution in [0.2, 0.25) is 0 Å². The number of aryl methyl sites for hydroxylation is 1. The minimum Gasteiger partial charge on any atom is -0.453 e. The van der Waals surface area contributed by atoms with Gasteiger partial charge in [0.25, 0.3) is 5.56 Å². The third-order valence-electron chi connectivity index (χ3n) is 12.3. The van der Waals surface area contributed by atoms with Gasteiger partial charge in [0.05, 0.1) is 51.7 Å². The Morgan fingerprint density at radius 3 is 2.48 bits per heavy atom. The van der Waals surface area contributed by atoms with E-state index in [1.54, 1.807) is 34.2 Å². The highest BCUT2D eigenvalue weighted by molar-refractivity contribution is 7.98. The highest BCUT2D eigenvalue weighted by atomic mass is 32.2. The van der Waals surface area contributed by atoms with Crippen LogP contribution in [0.25, 0.3) is 21.8 Å². The number of likely N-dealkylation sites (tertiary alicyclic amines) is 1. The monoisotopic (exact) mass is 913 g/mol. The molecule has 9 rings (SSSR count). The molecule has 342 valence electrons. The van der Waals surface area contributed by atoms with Crippen LogP contribution in [-0.4, -0.2) is 117 Å². The zero-order valence-electron chi connectivity index (χ0n) is 36.2. The molecule has 4 N–H and O–H groups in total. The smallest absolute Gasteiger partial charge is 0.329 e. The second kappa shape index (κ2) is 18.6. The lowest BCUT2D eigenvalue weighted by Crippen LogP contribution is -2.51. The number of carbonyl (C=O) groups is 3. The maximum Gasteiger partial charge on any atom is 0.329 e. The zero-order valence-corrected chi connectivity index (χ0v) is 37.0. The molecule has 3 aromatic carbocycles. The molecule has 4 saturated heterocycles. The number of hydrogen-bond donors (Lipinski definition) is 4. The lowest BCUT2D eigenvalue weighted by molar-refractivity contribution is -0.142. The summed E-state index contributed by atoms with van der Waals surface area (Å²) in [7, 11) is 5.37. The predicted octanol–water partition coefficient (Wildman–Crippen LogP) is 5.31. The van der Waals surface area contributed by atoms with Gasteiger partial charge >= 0.3 is 6.03 Å². The van der Waals surface area contributed by atoms with Crippen LogP contribution in [0.5, 0.6) is 11.5 Å². The molecule has 0 unspecified atom stereocenters. The number of aliphatic hydroxyl groups is 1. The zero-order chi connectivity index (χ0) is 46.0. The van der Waals surface area contributed by atoms with Crippen molar-refractivity contribution in [3.8, 4) is 17.6 Å². The Balaban J connectivity index is 0.000000193. The van der Waals surface area contributed by atoms with E-state index in [0.29, 0.717) is 78.0 Å². The van der Waals surface area contributed by atoms with Gasteiger partial charge in [-0.15, -0.1) is 0 Å². The first-order chi connectivity index (χ1) is 31.1. The SMILES string of the molecule is CN(C)SNc1ccc(F)c(Oc2ccc3nc[nH]c(=O)c3c2)c1C#N.Cn1nc(N2CCC(=O)NC2=O)c2cc(F)c(N3CCC(O)(CC(=O)N4CCC5(CCCO5)CC4)CC3)cc21. The van der Waals surface area contributed by atoms with Crippen molar-refractivity contribution in [2.75, 3.05) is 67.9 Å². The third-order valence-corrected chi connectivity index (χ3v) is 13.0. The molecule has 6 heterocycles. The molecule has 65 heavy (non-hydrogen) atoms. The molecule has 1 spiro atoms. The number of rotatable bonds is 9. The van der Waals surface area contributed by atoms with E-state index in [1.807, 2.05) is 30.0 Å². The Labute approximate surface area is 376 Å². The van der Waals surface area contributed by atoms with E-state index in [9.17, 15) is 33.9 Å². The number of nitrogens with zero attached hydrogens (tertiary/aromatic N) is 8. The standard InChI is InChI=1S/C27H35FN6O5.C17H14FN5O2S/c1-31-20-16-21(19(28)15-18(20)24(30-31)34-9-3-22(35)29-25(34)37)32-10-5-26(38,6-11-32)17-23(36)33-12-7-27(8-13-33)4-2-14-39-27;1-23(2)26-22-15-6-4-13(18)16(12(15)8-19)25-10-3-5-14-11(7-10)17(24)21-9-20-14/h15-16,38H,2-14,17H2,1H3,(H,29,35,37);3-7,9,22H,1-2H3,(H,20,21,24). The number of nitrogens with one attached hydrogen (secondary N) is 3. The molecule has 0 bridgehead atoms. The summed E-state index contributed by atoms with van der Waals surface area (Å²) in [6.45, 7) is 3.12. The van der Waals surface area contributed by atoms with Gasteiger partial charge in [-0.05, 0) is 95.1 Å². The number of halogens is 2. The predicted molar refractivity (Wildman–Crippen MR) is 239 cm³/mol. The number of imide groups is 1. The van der Waals surface area contributed by atoms with Crippen LogP contribution < -0.4 is 30.1 Å². The van der Waals surface area contributed by atoms with Crippen LogP contribution in [0.1, 0.15) is 56.9 Å². The van der Waals surface area contributed by atoms with E-state index >= 15 is 4.39 Å². The Kier molecular flexibility index (Phi) is 13.0. The second-order valence-corrected chi connectivity index (χ2v) is 18.0. The molecule has 21 heteroatoms. The van der Waals surface area contributed by atoms with Gasteiger partial charge in [0.1, 0.15) is 23.2 Å². The van der Waals surface area contributed by atoms with Gasteiger partial charge < -0.3 is 34.1 Å². The van der Waals surface area contributed by atoms with E-state index in [1.165, 1.54) is 47.6 Å². The van der Waals surface area contributed by atoms with E-state index < -0.39 is 23.3 Å². The largest absolute Gasteiger partial charge is 0.453 e. The first-order valence-electron chi connectivity index (χ1n) is 21.3. The minimum absolute atomic E-state index is 0.0274. The van der Waals surface area contributed by atoms with E-state index in [4.69, 9.17) is 9.47 Å². The number of ether oxygens (including phenoxy) is 2. The fourth-order valence-electron chi connectivity index (χ4n) is 8.73. The summed E-state index contributed by atoms with van der Waals surface area (Å²) in [5, 5.41) is 28.2. The quantitative estimate of drug-likeness (QED) is 0.138. The lowest BCUT2D eigenvalue weighted by atomic mass is 9.85. The fraction of sp³-hybridized carbons (Fsp3) is 0.432. The average Bonchev–Trinajstić information content (AvgIpc) is 3.87. The van der Waals surface area contributed by atoms with Crippen molar-refractivity contribution in [2.45, 2.75) is 62.6 Å². The van der Waals surface area contributed by atoms with Crippen molar-refractivity contribution in [1.29, 1.82) is 5.26 Å². The summed E-state index contributed by atoms with van der Waals surface area (Å²) < 4.78 is 47.6. The fourth-order valence-corrected chi connectivity index (χ4v) is 9.18. The van der Waals surface area contributed by atoms with Gasteiger partial charge in [-0.2, -0.15) is 10.4 Å². The molecule has 4 aliphatic heterocycles. The molecule has 0 atom stereocenters. The normalized spacial score (nSPS) is 18.2. The highest BCUT2D eigenvalue weighted by Gasteiger charge is 2.42. The van der Waals surface area contributed by atoms with Crippen LogP contribution in [0.4, 0.5) is 30.8 Å². The van der Waals surface area contributed by atoms with Crippen LogP contribution in [0, 0.1) is 23.0 Å². The maximum absolute atomic E-state index is 15.4. The van der Waals surface area contributed by atoms with Crippen molar-refractivity contribution < 1.29 is 37.7 Å². The number of aromatic nitrogens is 4. The molecule has 4 fully saturated rings. The first kappa shape index (κ1) is 45.2. The van der Waals surface area contributed by atoms with Crippen molar-refractivity contribution in [3.63, 3.8) is 0 Å². The average molecular weight is 914 g/mol. The summed E-state index contributed by atoms with van der Waals surface area (Å²) in [5.41, 5.74) is 0.462. The summed E-state index contributed by atoms with van der Waals surface area (Å²) in [6.07, 6.45) is 6.08. The Bertz CT molecular complexity index is 2740. The Morgan fingerprint density at radius 1 is 1.02 bits per heavy atom. The minimum atomic E-state index is -1.12.